The van der Waals surface area contributed by atoms with Crippen molar-refractivity contribution < 1.29 is 13.6 Å². The van der Waals surface area contributed by atoms with Gasteiger partial charge in [-0.15, -0.1) is 0 Å². The first kappa shape index (κ1) is 17.3. The van der Waals surface area contributed by atoms with E-state index in [-0.39, 0.29) is 0 Å². The molecule has 3 aromatic rings. The van der Waals surface area contributed by atoms with E-state index in [0.717, 1.165) is 23.7 Å². The molecule has 4 heteroatoms. The van der Waals surface area contributed by atoms with Crippen LogP contribution in [0.15, 0.2) is 91.0 Å². The average molecular weight is 353 g/mol. The van der Waals surface area contributed by atoms with Crippen molar-refractivity contribution in [3.05, 3.63) is 91.0 Å². The summed E-state index contributed by atoms with van der Waals surface area (Å²) in [6, 6.07) is 29.1. The van der Waals surface area contributed by atoms with E-state index in [1.165, 1.54) is 0 Å². The van der Waals surface area contributed by atoms with Crippen LogP contribution in [-0.2, 0) is 0 Å². The molecule has 0 aromatic heterocycles. The van der Waals surface area contributed by atoms with E-state index in [1.54, 1.807) is 0 Å². The first-order valence-corrected chi connectivity index (χ1v) is 10.1. The molecule has 3 nitrogen and oxygen atoms in total. The van der Waals surface area contributed by atoms with Crippen LogP contribution < -0.4 is 13.6 Å². The summed E-state index contributed by atoms with van der Waals surface area (Å²) in [5.74, 6) is 2.24. The van der Waals surface area contributed by atoms with Crippen molar-refractivity contribution in [3.8, 4) is 17.2 Å². The van der Waals surface area contributed by atoms with E-state index >= 15 is 0 Å². The van der Waals surface area contributed by atoms with Gasteiger partial charge in [-0.2, -0.15) is 0 Å². The maximum absolute atomic E-state index is 6.32. The molecule has 0 amide bonds. The van der Waals surface area contributed by atoms with E-state index in [0.29, 0.717) is 6.16 Å². The van der Waals surface area contributed by atoms with Crippen LogP contribution in [0.25, 0.3) is 0 Å². The highest BCUT2D eigenvalue weighted by molar-refractivity contribution is 7.62. The van der Waals surface area contributed by atoms with Crippen LogP contribution in [0.5, 0.6) is 17.2 Å². The van der Waals surface area contributed by atoms with Gasteiger partial charge in [-0.3, -0.25) is 13.6 Å². The van der Waals surface area contributed by atoms with Crippen LogP contribution in [0.3, 0.4) is 0 Å². The molecule has 0 heterocycles. The number of rotatable bonds is 8. The van der Waals surface area contributed by atoms with Gasteiger partial charge in [0.15, 0.2) is 23.4 Å². The second-order valence-corrected chi connectivity index (χ2v) is 7.76. The molecule has 25 heavy (non-hydrogen) atoms. The fourth-order valence-corrected chi connectivity index (χ4v) is 4.65. The Kier molecular flexibility index (Phi) is 5.92. The van der Waals surface area contributed by atoms with Crippen LogP contribution in [0, 0.1) is 0 Å². The largest absolute Gasteiger partial charge is 0.541 e. The summed E-state index contributed by atoms with van der Waals surface area (Å²) in [7, 11) is -2.66. The number of hydrogen-bond donors (Lipinski definition) is 0. The minimum atomic E-state index is -2.66. The predicted molar refractivity (Wildman–Crippen MR) is 103 cm³/mol. The van der Waals surface area contributed by atoms with Gasteiger partial charge in [0.1, 0.15) is 0 Å². The minimum absolute atomic E-state index is 0.686. The van der Waals surface area contributed by atoms with Crippen molar-refractivity contribution >= 4 is 7.94 Å². The smallest absolute Gasteiger partial charge is 0.272 e. The molecule has 0 aliphatic rings. The molecular formula is C21H22O3P+. The second-order valence-electron chi connectivity index (χ2n) is 5.55. The normalized spacial score (nSPS) is 10.9. The summed E-state index contributed by atoms with van der Waals surface area (Å²) in [6.07, 6.45) is 1.58. The molecular weight excluding hydrogens is 331 g/mol. The maximum atomic E-state index is 6.32. The highest BCUT2D eigenvalue weighted by atomic mass is 31.2. The average Bonchev–Trinajstić information content (AvgIpc) is 2.64. The SMILES string of the molecule is CCC[P+](Oc1ccccc1)(Oc1ccccc1)Oc1ccccc1. The number of hydrogen-bond acceptors (Lipinski definition) is 3. The second kappa shape index (κ2) is 8.55. The standard InChI is InChI=1S/C21H22O3P/c1-2-18-25(22-19-12-6-3-7-13-19,23-20-14-8-4-9-15-20)24-21-16-10-5-11-17-21/h3-17H,2,18H2,1H3/q+1. The Labute approximate surface area is 149 Å². The molecule has 128 valence electrons. The van der Waals surface area contributed by atoms with Gasteiger partial charge < -0.3 is 0 Å². The van der Waals surface area contributed by atoms with Crippen molar-refractivity contribution in [1.82, 2.24) is 0 Å². The van der Waals surface area contributed by atoms with Crippen LogP contribution in [0.4, 0.5) is 0 Å². The van der Waals surface area contributed by atoms with Gasteiger partial charge in [0.2, 0.25) is 0 Å². The van der Waals surface area contributed by atoms with Crippen molar-refractivity contribution in [2.24, 2.45) is 0 Å². The third kappa shape index (κ3) is 4.98. The molecule has 0 aliphatic carbocycles. The first-order chi connectivity index (χ1) is 12.3. The fourth-order valence-electron chi connectivity index (χ4n) is 2.39. The van der Waals surface area contributed by atoms with Gasteiger partial charge in [0, 0.05) is 0 Å². The van der Waals surface area contributed by atoms with E-state index in [4.69, 9.17) is 13.6 Å². The third-order valence-electron chi connectivity index (χ3n) is 3.46. The van der Waals surface area contributed by atoms with Crippen LogP contribution in [-0.4, -0.2) is 6.16 Å². The van der Waals surface area contributed by atoms with Crippen LogP contribution >= 0.6 is 7.94 Å². The lowest BCUT2D eigenvalue weighted by molar-refractivity contribution is 0.353. The maximum Gasteiger partial charge on any atom is 0.541 e. The van der Waals surface area contributed by atoms with Crippen molar-refractivity contribution in [2.75, 3.05) is 6.16 Å². The molecule has 0 N–H and O–H groups in total. The quantitative estimate of drug-likeness (QED) is 0.439. The fraction of sp³-hybridized carbons (Fsp3) is 0.143. The third-order valence-corrected chi connectivity index (χ3v) is 5.92. The molecule has 3 aromatic carbocycles. The lowest BCUT2D eigenvalue weighted by atomic mass is 10.3. The predicted octanol–water partition coefficient (Wildman–Crippen LogP) is 6.40. The Morgan fingerprint density at radius 3 is 1.16 bits per heavy atom. The summed E-state index contributed by atoms with van der Waals surface area (Å²) in [5, 5.41) is 0. The highest BCUT2D eigenvalue weighted by Gasteiger charge is 2.49. The number of para-hydroxylation sites is 3. The first-order valence-electron chi connectivity index (χ1n) is 8.42. The van der Waals surface area contributed by atoms with E-state index < -0.39 is 7.94 Å². The molecule has 0 saturated carbocycles. The van der Waals surface area contributed by atoms with Crippen molar-refractivity contribution in [1.29, 1.82) is 0 Å². The molecule has 0 spiro atoms. The van der Waals surface area contributed by atoms with Gasteiger partial charge in [0.25, 0.3) is 0 Å². The van der Waals surface area contributed by atoms with Gasteiger partial charge in [-0.1, -0.05) is 61.5 Å². The van der Waals surface area contributed by atoms with Crippen molar-refractivity contribution in [3.63, 3.8) is 0 Å². The zero-order valence-corrected chi connectivity index (χ0v) is 15.1. The molecule has 0 aliphatic heterocycles. The van der Waals surface area contributed by atoms with Gasteiger partial charge in [-0.25, -0.2) is 0 Å². The summed E-state index contributed by atoms with van der Waals surface area (Å²) in [5.41, 5.74) is 0. The summed E-state index contributed by atoms with van der Waals surface area (Å²) in [6.45, 7) is 2.10. The Morgan fingerprint density at radius 1 is 0.560 bits per heavy atom. The molecule has 0 fully saturated rings. The molecule has 0 bridgehead atoms. The van der Waals surface area contributed by atoms with Crippen LogP contribution in [0.1, 0.15) is 13.3 Å². The highest BCUT2D eigenvalue weighted by Crippen LogP contribution is 2.60. The van der Waals surface area contributed by atoms with E-state index in [9.17, 15) is 0 Å². The monoisotopic (exact) mass is 353 g/mol. The topological polar surface area (TPSA) is 27.7 Å². The Hall–Kier alpha value is -2.51. The van der Waals surface area contributed by atoms with Gasteiger partial charge in [-0.05, 0) is 42.8 Å². The van der Waals surface area contributed by atoms with Crippen LogP contribution in [0.2, 0.25) is 0 Å². The van der Waals surface area contributed by atoms with Gasteiger partial charge in [0.05, 0.1) is 0 Å². The molecule has 0 saturated heterocycles. The molecule has 0 atom stereocenters. The van der Waals surface area contributed by atoms with Gasteiger partial charge >= 0.3 is 7.94 Å². The molecule has 0 radical (unpaired) electrons. The zero-order chi connectivity index (χ0) is 17.4. The lowest BCUT2D eigenvalue weighted by Crippen LogP contribution is -2.18. The van der Waals surface area contributed by atoms with Crippen molar-refractivity contribution in [2.45, 2.75) is 13.3 Å². The zero-order valence-electron chi connectivity index (χ0n) is 14.2. The summed E-state index contributed by atoms with van der Waals surface area (Å²) >= 11 is 0. The molecule has 3 rings (SSSR count). The number of benzene rings is 3. The minimum Gasteiger partial charge on any atom is -0.272 e. The summed E-state index contributed by atoms with van der Waals surface area (Å²) in [4.78, 5) is 0. The Morgan fingerprint density at radius 2 is 0.880 bits per heavy atom. The summed E-state index contributed by atoms with van der Waals surface area (Å²) < 4.78 is 19.0. The van der Waals surface area contributed by atoms with E-state index in [1.807, 2.05) is 91.0 Å². The lowest BCUT2D eigenvalue weighted by Gasteiger charge is -2.22. The molecule has 0 unspecified atom stereocenters. The Balaban J connectivity index is 1.94. The Bertz CT molecular complexity index is 646. The van der Waals surface area contributed by atoms with E-state index in [2.05, 4.69) is 6.92 Å².